The number of carbonyl (C=O) groups is 2. The molecule has 0 aromatic carbocycles. The predicted octanol–water partition coefficient (Wildman–Crippen LogP) is 2.83. The van der Waals surface area contributed by atoms with Gasteiger partial charge in [-0.15, -0.1) is 0 Å². The van der Waals surface area contributed by atoms with Gasteiger partial charge in [-0.2, -0.15) is 15.0 Å². The molecule has 10 nitrogen and oxygen atoms in total. The number of hydrogen-bond donors (Lipinski definition) is 4. The van der Waals surface area contributed by atoms with Crippen molar-refractivity contribution in [3.8, 4) is 0 Å². The van der Waals surface area contributed by atoms with E-state index in [9.17, 15) is 9.59 Å². The molecule has 10 heteroatoms. The lowest BCUT2D eigenvalue weighted by Crippen LogP contribution is -2.25. The summed E-state index contributed by atoms with van der Waals surface area (Å²) in [5, 5.41) is 23.7. The van der Waals surface area contributed by atoms with Crippen molar-refractivity contribution in [2.45, 2.75) is 65.2 Å². The number of aliphatic carboxylic acids is 2. The first-order chi connectivity index (χ1) is 14.0. The average molecular weight is 411 g/mol. The fourth-order valence-corrected chi connectivity index (χ4v) is 2.73. The minimum absolute atomic E-state index is 0.193. The summed E-state index contributed by atoms with van der Waals surface area (Å²) in [6, 6.07) is 0. The van der Waals surface area contributed by atoms with E-state index in [2.05, 4.69) is 25.6 Å². The maximum atomic E-state index is 10.5. The standard InChI is InChI=1S/C19H34N6O4/c1-3-25(4-2)19-23-17(20-13-9-5-7-11-15(26)27)22-18(24-19)21-14-10-6-8-12-16(28)29/h3-14H2,1-2H3,(H,26,27)(H,28,29)(H2,20,21,22,23,24). The highest BCUT2D eigenvalue weighted by molar-refractivity contribution is 5.66. The highest BCUT2D eigenvalue weighted by atomic mass is 16.4. The zero-order chi connectivity index (χ0) is 21.5. The highest BCUT2D eigenvalue weighted by Gasteiger charge is 2.11. The van der Waals surface area contributed by atoms with Gasteiger partial charge in [0.1, 0.15) is 0 Å². The number of nitrogens with zero attached hydrogens (tertiary/aromatic N) is 4. The zero-order valence-electron chi connectivity index (χ0n) is 17.5. The Morgan fingerprint density at radius 2 is 1.21 bits per heavy atom. The topological polar surface area (TPSA) is 141 Å². The molecule has 0 amide bonds. The van der Waals surface area contributed by atoms with Crippen LogP contribution < -0.4 is 15.5 Å². The number of nitrogens with one attached hydrogen (secondary N) is 2. The third kappa shape index (κ3) is 11.1. The van der Waals surface area contributed by atoms with Crippen molar-refractivity contribution in [1.82, 2.24) is 15.0 Å². The predicted molar refractivity (Wildman–Crippen MR) is 113 cm³/mol. The number of hydrogen-bond acceptors (Lipinski definition) is 8. The van der Waals surface area contributed by atoms with Crippen molar-refractivity contribution in [2.75, 3.05) is 41.7 Å². The number of rotatable bonds is 17. The minimum Gasteiger partial charge on any atom is -0.481 e. The van der Waals surface area contributed by atoms with Crippen LogP contribution >= 0.6 is 0 Å². The Balaban J connectivity index is 2.57. The van der Waals surface area contributed by atoms with E-state index in [0.29, 0.717) is 43.8 Å². The lowest BCUT2D eigenvalue weighted by atomic mass is 10.2. The summed E-state index contributed by atoms with van der Waals surface area (Å²) in [6.45, 7) is 6.97. The Hall–Kier alpha value is -2.65. The van der Waals surface area contributed by atoms with Crippen molar-refractivity contribution < 1.29 is 19.8 Å². The summed E-state index contributed by atoms with van der Waals surface area (Å²) in [6.07, 6.45) is 5.04. The van der Waals surface area contributed by atoms with Gasteiger partial charge in [-0.1, -0.05) is 12.8 Å². The number of carboxylic acid groups (broad SMARTS) is 2. The molecule has 0 fully saturated rings. The summed E-state index contributed by atoms with van der Waals surface area (Å²) in [7, 11) is 0. The van der Waals surface area contributed by atoms with E-state index < -0.39 is 11.9 Å². The normalized spacial score (nSPS) is 10.6. The molecular formula is C19H34N6O4. The molecule has 0 saturated carbocycles. The van der Waals surface area contributed by atoms with Gasteiger partial charge in [-0.3, -0.25) is 9.59 Å². The second-order valence-corrected chi connectivity index (χ2v) is 6.72. The molecule has 0 aliphatic carbocycles. The molecule has 0 aliphatic heterocycles. The molecule has 0 bridgehead atoms. The molecule has 1 aromatic rings. The molecule has 0 aliphatic rings. The molecule has 0 radical (unpaired) electrons. The monoisotopic (exact) mass is 410 g/mol. The smallest absolute Gasteiger partial charge is 0.303 e. The van der Waals surface area contributed by atoms with Gasteiger partial charge in [0.05, 0.1) is 0 Å². The quantitative estimate of drug-likeness (QED) is 0.283. The van der Waals surface area contributed by atoms with E-state index in [-0.39, 0.29) is 12.8 Å². The second-order valence-electron chi connectivity index (χ2n) is 6.72. The minimum atomic E-state index is -0.766. The van der Waals surface area contributed by atoms with E-state index in [1.54, 1.807) is 0 Å². The van der Waals surface area contributed by atoms with Crippen molar-refractivity contribution in [3.63, 3.8) is 0 Å². The fraction of sp³-hybridized carbons (Fsp3) is 0.737. The van der Waals surface area contributed by atoms with Crippen LogP contribution in [0.25, 0.3) is 0 Å². The Kier molecular flexibility index (Phi) is 12.1. The summed E-state index contributed by atoms with van der Waals surface area (Å²) in [5.41, 5.74) is 0. The van der Waals surface area contributed by atoms with Crippen LogP contribution in [-0.2, 0) is 9.59 Å². The van der Waals surface area contributed by atoms with Crippen LogP contribution in [0.3, 0.4) is 0 Å². The number of unbranched alkanes of at least 4 members (excludes halogenated alkanes) is 4. The maximum Gasteiger partial charge on any atom is 0.303 e. The Labute approximate surface area is 172 Å². The van der Waals surface area contributed by atoms with E-state index in [1.807, 2.05) is 18.7 Å². The summed E-state index contributed by atoms with van der Waals surface area (Å²) < 4.78 is 0. The van der Waals surface area contributed by atoms with Crippen molar-refractivity contribution in [3.05, 3.63) is 0 Å². The van der Waals surface area contributed by atoms with E-state index in [4.69, 9.17) is 10.2 Å². The Morgan fingerprint density at radius 1 is 0.759 bits per heavy atom. The second kappa shape index (κ2) is 14.4. The molecule has 1 rings (SSSR count). The molecule has 0 unspecified atom stereocenters. The Morgan fingerprint density at radius 3 is 1.59 bits per heavy atom. The highest BCUT2D eigenvalue weighted by Crippen LogP contribution is 2.14. The molecule has 0 atom stereocenters. The largest absolute Gasteiger partial charge is 0.481 e. The maximum absolute atomic E-state index is 10.5. The molecular weight excluding hydrogens is 376 g/mol. The van der Waals surface area contributed by atoms with E-state index in [0.717, 1.165) is 38.8 Å². The van der Waals surface area contributed by atoms with Crippen LogP contribution in [0.5, 0.6) is 0 Å². The van der Waals surface area contributed by atoms with Crippen molar-refractivity contribution in [1.29, 1.82) is 0 Å². The van der Waals surface area contributed by atoms with Crippen LogP contribution in [0.4, 0.5) is 17.8 Å². The summed E-state index contributed by atoms with van der Waals surface area (Å²) in [5.74, 6) is 0.0599. The van der Waals surface area contributed by atoms with Gasteiger partial charge in [-0.25, -0.2) is 0 Å². The van der Waals surface area contributed by atoms with Gasteiger partial charge in [0.2, 0.25) is 17.8 Å². The molecule has 4 N–H and O–H groups in total. The van der Waals surface area contributed by atoms with Gasteiger partial charge >= 0.3 is 11.9 Å². The lowest BCUT2D eigenvalue weighted by molar-refractivity contribution is -0.138. The van der Waals surface area contributed by atoms with Crippen LogP contribution in [-0.4, -0.2) is 63.3 Å². The first-order valence-electron chi connectivity index (χ1n) is 10.4. The average Bonchev–Trinajstić information content (AvgIpc) is 2.68. The van der Waals surface area contributed by atoms with Crippen LogP contribution in [0, 0.1) is 0 Å². The third-order valence-electron chi connectivity index (χ3n) is 4.37. The van der Waals surface area contributed by atoms with Gasteiger partial charge < -0.3 is 25.7 Å². The lowest BCUT2D eigenvalue weighted by Gasteiger charge is -2.20. The SMILES string of the molecule is CCN(CC)c1nc(NCCCCCC(=O)O)nc(NCCCCCC(=O)O)n1. The van der Waals surface area contributed by atoms with E-state index >= 15 is 0 Å². The Bertz CT molecular complexity index is 580. The number of aromatic nitrogens is 3. The summed E-state index contributed by atoms with van der Waals surface area (Å²) >= 11 is 0. The fourth-order valence-electron chi connectivity index (χ4n) is 2.73. The number of carboxylic acids is 2. The van der Waals surface area contributed by atoms with Gasteiger partial charge in [0.25, 0.3) is 0 Å². The first-order valence-corrected chi connectivity index (χ1v) is 10.4. The van der Waals surface area contributed by atoms with Crippen molar-refractivity contribution >= 4 is 29.8 Å². The molecule has 29 heavy (non-hydrogen) atoms. The van der Waals surface area contributed by atoms with E-state index in [1.165, 1.54) is 0 Å². The molecule has 1 aromatic heterocycles. The summed E-state index contributed by atoms with van der Waals surface area (Å²) in [4.78, 5) is 36.5. The first kappa shape index (κ1) is 24.4. The van der Waals surface area contributed by atoms with Gasteiger partial charge in [0, 0.05) is 39.0 Å². The van der Waals surface area contributed by atoms with Crippen molar-refractivity contribution in [2.24, 2.45) is 0 Å². The molecule has 164 valence electrons. The van der Waals surface area contributed by atoms with Gasteiger partial charge in [0.15, 0.2) is 0 Å². The third-order valence-corrected chi connectivity index (χ3v) is 4.37. The molecule has 0 saturated heterocycles. The van der Waals surface area contributed by atoms with Gasteiger partial charge in [-0.05, 0) is 39.5 Å². The van der Waals surface area contributed by atoms with Crippen LogP contribution in [0.2, 0.25) is 0 Å². The molecule has 1 heterocycles. The molecule has 0 spiro atoms. The van der Waals surface area contributed by atoms with Crippen LogP contribution in [0.1, 0.15) is 65.2 Å². The van der Waals surface area contributed by atoms with Crippen LogP contribution in [0.15, 0.2) is 0 Å². The zero-order valence-corrected chi connectivity index (χ0v) is 17.5. The number of anilines is 3.